The Morgan fingerprint density at radius 2 is 2.00 bits per heavy atom. The van der Waals surface area contributed by atoms with Crippen LogP contribution in [0, 0.1) is 5.92 Å². The Labute approximate surface area is 132 Å². The van der Waals surface area contributed by atoms with Crippen LogP contribution in [0.5, 0.6) is 0 Å². The average molecular weight is 349 g/mol. The molecule has 0 radical (unpaired) electrons. The third kappa shape index (κ3) is 3.39. The zero-order valence-electron chi connectivity index (χ0n) is 11.6. The minimum atomic E-state index is -0.433. The molecule has 0 aromatic carbocycles. The van der Waals surface area contributed by atoms with Gasteiger partial charge in [-0.2, -0.15) is 0 Å². The van der Waals surface area contributed by atoms with Crippen molar-refractivity contribution >= 4 is 21.7 Å². The van der Waals surface area contributed by atoms with Gasteiger partial charge in [0, 0.05) is 25.5 Å². The first-order chi connectivity index (χ1) is 10.2. The van der Waals surface area contributed by atoms with Crippen molar-refractivity contribution in [2.75, 3.05) is 18.0 Å². The third-order valence-corrected chi connectivity index (χ3v) is 4.38. The maximum absolute atomic E-state index is 10.4. The fraction of sp³-hybridized carbons (Fsp3) is 0.400. The molecule has 0 saturated carbocycles. The first-order valence-electron chi connectivity index (χ1n) is 7.06. The number of pyridine rings is 1. The van der Waals surface area contributed by atoms with Crippen LogP contribution in [0.2, 0.25) is 0 Å². The van der Waals surface area contributed by atoms with Gasteiger partial charge < -0.3 is 10.0 Å². The highest BCUT2D eigenvalue weighted by Gasteiger charge is 2.26. The second-order valence-electron chi connectivity index (χ2n) is 5.27. The van der Waals surface area contributed by atoms with Crippen LogP contribution >= 0.6 is 15.9 Å². The van der Waals surface area contributed by atoms with E-state index in [1.54, 1.807) is 12.4 Å². The molecule has 3 rings (SSSR count). The lowest BCUT2D eigenvalue weighted by Gasteiger charge is -2.34. The highest BCUT2D eigenvalue weighted by molar-refractivity contribution is 9.10. The molecule has 2 aromatic heterocycles. The molecule has 1 atom stereocenters. The number of aromatic nitrogens is 3. The van der Waals surface area contributed by atoms with Gasteiger partial charge in [0.05, 0.1) is 6.10 Å². The number of nitrogens with zero attached hydrogens (tertiary/aromatic N) is 4. The van der Waals surface area contributed by atoms with Crippen LogP contribution in [0.25, 0.3) is 0 Å². The second-order valence-corrected chi connectivity index (χ2v) is 6.08. The number of aliphatic hydroxyl groups excluding tert-OH is 1. The molecule has 21 heavy (non-hydrogen) atoms. The molecule has 1 aliphatic heterocycles. The van der Waals surface area contributed by atoms with Gasteiger partial charge in [0.15, 0.2) is 5.82 Å². The summed E-state index contributed by atoms with van der Waals surface area (Å²) < 4.78 is 0.744. The molecule has 0 unspecified atom stereocenters. The van der Waals surface area contributed by atoms with Crippen LogP contribution in [-0.4, -0.2) is 33.4 Å². The molecule has 1 saturated heterocycles. The fourth-order valence-electron chi connectivity index (χ4n) is 2.75. The molecular formula is C15H17BrN4O. The third-order valence-electron chi connectivity index (χ3n) is 3.95. The number of hydrogen-bond acceptors (Lipinski definition) is 5. The van der Waals surface area contributed by atoms with Crippen molar-refractivity contribution < 1.29 is 5.11 Å². The highest BCUT2D eigenvalue weighted by atomic mass is 79.9. The van der Waals surface area contributed by atoms with E-state index in [0.717, 1.165) is 41.9 Å². The summed E-state index contributed by atoms with van der Waals surface area (Å²) in [4.78, 5) is 6.29. The van der Waals surface area contributed by atoms with Gasteiger partial charge >= 0.3 is 0 Å². The largest absolute Gasteiger partial charge is 0.388 e. The first kappa shape index (κ1) is 14.4. The molecule has 6 heteroatoms. The van der Waals surface area contributed by atoms with Gasteiger partial charge in [0.1, 0.15) is 4.60 Å². The minimum Gasteiger partial charge on any atom is -0.388 e. The summed E-state index contributed by atoms with van der Waals surface area (Å²) in [5, 5.41) is 18.7. The molecule has 1 aliphatic rings. The Morgan fingerprint density at radius 1 is 1.19 bits per heavy atom. The maximum atomic E-state index is 10.4. The Balaban J connectivity index is 1.61. The quantitative estimate of drug-likeness (QED) is 0.923. The maximum Gasteiger partial charge on any atom is 0.151 e. The van der Waals surface area contributed by atoms with Crippen molar-refractivity contribution in [3.05, 3.63) is 46.8 Å². The number of piperidine rings is 1. The molecule has 110 valence electrons. The topological polar surface area (TPSA) is 62.1 Å². The van der Waals surface area contributed by atoms with Crippen LogP contribution in [0.3, 0.4) is 0 Å². The zero-order valence-corrected chi connectivity index (χ0v) is 13.1. The van der Waals surface area contributed by atoms with Gasteiger partial charge in [-0.05, 0) is 58.5 Å². The van der Waals surface area contributed by atoms with Gasteiger partial charge in [0.25, 0.3) is 0 Å². The van der Waals surface area contributed by atoms with Gasteiger partial charge in [0.2, 0.25) is 0 Å². The summed E-state index contributed by atoms with van der Waals surface area (Å²) in [7, 11) is 0. The monoisotopic (exact) mass is 348 g/mol. The molecular weight excluding hydrogens is 332 g/mol. The molecule has 3 heterocycles. The van der Waals surface area contributed by atoms with Crippen molar-refractivity contribution in [3.8, 4) is 0 Å². The standard InChI is InChI=1S/C15H17BrN4O/c16-13-3-4-14(19-18-13)20-8-5-11(6-9-20)15(21)12-2-1-7-17-10-12/h1-4,7,10-11,15,21H,5-6,8-9H2/t15-/m0/s1. The molecule has 0 amide bonds. The van der Waals surface area contributed by atoms with E-state index in [2.05, 4.69) is 36.0 Å². The summed E-state index contributed by atoms with van der Waals surface area (Å²) in [6.07, 6.45) is 4.92. The molecule has 1 fully saturated rings. The summed E-state index contributed by atoms with van der Waals surface area (Å²) in [5.74, 6) is 1.17. The van der Waals surface area contributed by atoms with Crippen molar-refractivity contribution in [1.82, 2.24) is 15.2 Å². The van der Waals surface area contributed by atoms with Crippen molar-refractivity contribution in [1.29, 1.82) is 0 Å². The van der Waals surface area contributed by atoms with Gasteiger partial charge in [-0.3, -0.25) is 4.98 Å². The Morgan fingerprint density at radius 3 is 2.62 bits per heavy atom. The summed E-state index contributed by atoms with van der Waals surface area (Å²) in [6.45, 7) is 1.77. The number of hydrogen-bond donors (Lipinski definition) is 1. The van der Waals surface area contributed by atoms with Crippen molar-refractivity contribution in [3.63, 3.8) is 0 Å². The molecule has 1 N–H and O–H groups in total. The van der Waals surface area contributed by atoms with Crippen LogP contribution in [0.1, 0.15) is 24.5 Å². The van der Waals surface area contributed by atoms with Gasteiger partial charge in [-0.25, -0.2) is 0 Å². The molecule has 0 aliphatic carbocycles. The molecule has 0 bridgehead atoms. The summed E-state index contributed by atoms with van der Waals surface area (Å²) >= 11 is 3.29. The molecule has 2 aromatic rings. The van der Waals surface area contributed by atoms with Crippen LogP contribution in [0.4, 0.5) is 5.82 Å². The molecule has 0 spiro atoms. The van der Waals surface area contributed by atoms with Crippen molar-refractivity contribution in [2.45, 2.75) is 18.9 Å². The first-order valence-corrected chi connectivity index (χ1v) is 7.85. The van der Waals surface area contributed by atoms with E-state index in [4.69, 9.17) is 0 Å². The Bertz CT molecular complexity index is 570. The SMILES string of the molecule is O[C@H](c1cccnc1)C1CCN(c2ccc(Br)nn2)CC1. The van der Waals surface area contributed by atoms with E-state index in [1.165, 1.54) is 0 Å². The normalized spacial score (nSPS) is 17.7. The number of aliphatic hydroxyl groups is 1. The predicted octanol–water partition coefficient (Wildman–Crippen LogP) is 2.58. The lowest BCUT2D eigenvalue weighted by molar-refractivity contribution is 0.0925. The van der Waals surface area contributed by atoms with E-state index >= 15 is 0 Å². The Hall–Kier alpha value is -1.53. The predicted molar refractivity (Wildman–Crippen MR) is 83.9 cm³/mol. The average Bonchev–Trinajstić information content (AvgIpc) is 2.56. The number of anilines is 1. The minimum absolute atomic E-state index is 0.272. The van der Waals surface area contributed by atoms with E-state index in [9.17, 15) is 5.11 Å². The van der Waals surface area contributed by atoms with Crippen molar-refractivity contribution in [2.24, 2.45) is 5.92 Å². The second kappa shape index (κ2) is 6.49. The van der Waals surface area contributed by atoms with E-state index in [-0.39, 0.29) is 5.92 Å². The summed E-state index contributed by atoms with van der Waals surface area (Å²) in [6, 6.07) is 7.67. The van der Waals surface area contributed by atoms with Gasteiger partial charge in [-0.1, -0.05) is 6.07 Å². The van der Waals surface area contributed by atoms with Crippen LogP contribution in [0.15, 0.2) is 41.3 Å². The Kier molecular flexibility index (Phi) is 4.45. The lowest BCUT2D eigenvalue weighted by atomic mass is 9.88. The zero-order chi connectivity index (χ0) is 14.7. The summed E-state index contributed by atoms with van der Waals surface area (Å²) in [5.41, 5.74) is 0.902. The van der Waals surface area contributed by atoms with Crippen LogP contribution in [-0.2, 0) is 0 Å². The van der Waals surface area contributed by atoms with E-state index in [0.29, 0.717) is 0 Å². The van der Waals surface area contributed by atoms with E-state index < -0.39 is 6.10 Å². The number of rotatable bonds is 3. The fourth-order valence-corrected chi connectivity index (χ4v) is 2.96. The number of halogens is 1. The van der Waals surface area contributed by atoms with E-state index in [1.807, 2.05) is 24.3 Å². The highest BCUT2D eigenvalue weighted by Crippen LogP contribution is 2.31. The smallest absolute Gasteiger partial charge is 0.151 e. The lowest BCUT2D eigenvalue weighted by Crippen LogP contribution is -2.36. The van der Waals surface area contributed by atoms with Gasteiger partial charge in [-0.15, -0.1) is 10.2 Å². The van der Waals surface area contributed by atoms with Crippen LogP contribution < -0.4 is 4.90 Å². The molecule has 5 nitrogen and oxygen atoms in total.